The average Bonchev–Trinajstić information content (AvgIpc) is 3.57. The minimum absolute atomic E-state index is 0.192. The molecule has 4 aliphatic rings. The first-order valence-corrected chi connectivity index (χ1v) is 15.8. The molecule has 1 spiro atoms. The van der Waals surface area contributed by atoms with E-state index in [9.17, 15) is 24.3 Å². The standard InChI is InChI=1S/C32H40BrN3O7/c1-5-21(17-37)36-28-30(40)35(18(2)3)15-11-7-10-14-23(38)34-19(4)26(20-12-8-6-9-13-20)42-31(41)24-25(29(36)39)32(28)16-22(33)27(24)43-32/h6-9,11-13,16,18-19,21,24-28,37H,5,10,14-15,17H2,1-4H3,(H,34,38)/b11-7-/t19-,21+,24+,25-,26+,27+,28+,32-/m1/s1. The second-order valence-corrected chi connectivity index (χ2v) is 13.0. The van der Waals surface area contributed by atoms with E-state index in [1.807, 2.05) is 63.3 Å². The second kappa shape index (κ2) is 12.5. The monoisotopic (exact) mass is 657 g/mol. The number of cyclic esters (lactones) is 1. The maximum absolute atomic E-state index is 14.5. The van der Waals surface area contributed by atoms with E-state index < -0.39 is 59.6 Å². The van der Waals surface area contributed by atoms with Gasteiger partial charge in [0.2, 0.25) is 17.7 Å². The third kappa shape index (κ3) is 5.44. The topological polar surface area (TPSA) is 125 Å². The van der Waals surface area contributed by atoms with Gasteiger partial charge in [0.05, 0.1) is 24.6 Å². The molecule has 4 heterocycles. The Bertz CT molecular complexity index is 1310. The second-order valence-electron chi connectivity index (χ2n) is 12.0. The maximum atomic E-state index is 14.5. The molecule has 0 saturated carbocycles. The number of aliphatic hydroxyl groups is 1. The van der Waals surface area contributed by atoms with E-state index >= 15 is 0 Å². The summed E-state index contributed by atoms with van der Waals surface area (Å²) in [5.41, 5.74) is -0.724. The minimum atomic E-state index is -1.42. The molecule has 0 unspecified atom stereocenters. The van der Waals surface area contributed by atoms with Crippen molar-refractivity contribution in [1.29, 1.82) is 0 Å². The Morgan fingerprint density at radius 1 is 1.09 bits per heavy atom. The molecule has 10 nitrogen and oxygen atoms in total. The molecule has 5 bridgehead atoms. The predicted octanol–water partition coefficient (Wildman–Crippen LogP) is 3.01. The summed E-state index contributed by atoms with van der Waals surface area (Å²) in [7, 11) is 0. The van der Waals surface area contributed by atoms with Gasteiger partial charge in [-0.05, 0) is 45.3 Å². The van der Waals surface area contributed by atoms with Crippen LogP contribution in [0.25, 0.3) is 0 Å². The van der Waals surface area contributed by atoms with Gasteiger partial charge < -0.3 is 29.7 Å². The number of nitrogens with zero attached hydrogens (tertiary/aromatic N) is 2. The Hall–Kier alpha value is -3.02. The van der Waals surface area contributed by atoms with Crippen LogP contribution in [0.3, 0.4) is 0 Å². The number of halogens is 1. The first-order chi connectivity index (χ1) is 20.5. The van der Waals surface area contributed by atoms with E-state index in [1.165, 1.54) is 4.90 Å². The van der Waals surface area contributed by atoms with Gasteiger partial charge in [-0.3, -0.25) is 19.2 Å². The number of carbonyl (C=O) groups excluding carboxylic acids is 4. The van der Waals surface area contributed by atoms with Crippen LogP contribution >= 0.6 is 15.9 Å². The SMILES string of the molecule is CC[C@@H](CO)N1C(=O)[C@H]2[C@@H]3C(=O)O[C@H](c4ccccc4)[C@@H](C)NC(=O)CC/C=C\CN(C(C)C)C(=O)[C@H]1[C@@]21C=C(Br)[C@@H]3O1. The molecule has 11 heteroatoms. The first-order valence-electron chi connectivity index (χ1n) is 15.0. The number of nitrogens with one attached hydrogen (secondary N) is 1. The quantitative estimate of drug-likeness (QED) is 0.368. The van der Waals surface area contributed by atoms with Crippen molar-refractivity contribution in [2.75, 3.05) is 13.2 Å². The number of aliphatic hydroxyl groups excluding tert-OH is 1. The number of allylic oxidation sites excluding steroid dienone is 1. The highest BCUT2D eigenvalue weighted by molar-refractivity contribution is 9.11. The number of ether oxygens (including phenoxy) is 2. The number of fused-ring (bicyclic) bond motifs is 2. The molecule has 5 rings (SSSR count). The van der Waals surface area contributed by atoms with Crippen molar-refractivity contribution in [3.63, 3.8) is 0 Å². The van der Waals surface area contributed by atoms with Crippen molar-refractivity contribution in [1.82, 2.24) is 15.1 Å². The van der Waals surface area contributed by atoms with E-state index in [0.29, 0.717) is 22.9 Å². The lowest BCUT2D eigenvalue weighted by Gasteiger charge is -2.39. The molecule has 2 N–H and O–H groups in total. The first kappa shape index (κ1) is 31.4. The predicted molar refractivity (Wildman–Crippen MR) is 161 cm³/mol. The van der Waals surface area contributed by atoms with Crippen LogP contribution in [-0.2, 0) is 28.7 Å². The number of hydrogen-bond donors (Lipinski definition) is 2. The Morgan fingerprint density at radius 2 is 1.81 bits per heavy atom. The van der Waals surface area contributed by atoms with E-state index in [0.717, 1.165) is 0 Å². The summed E-state index contributed by atoms with van der Waals surface area (Å²) in [5, 5.41) is 13.3. The number of carbonyl (C=O) groups is 4. The van der Waals surface area contributed by atoms with Crippen molar-refractivity contribution in [2.45, 2.75) is 88.9 Å². The summed E-state index contributed by atoms with van der Waals surface area (Å²) < 4.78 is 13.3. The maximum Gasteiger partial charge on any atom is 0.313 e. The van der Waals surface area contributed by atoms with Crippen LogP contribution in [0.4, 0.5) is 0 Å². The molecule has 0 radical (unpaired) electrons. The molecule has 0 aliphatic carbocycles. The van der Waals surface area contributed by atoms with Crippen LogP contribution in [0.15, 0.2) is 53.0 Å². The third-order valence-electron chi connectivity index (χ3n) is 9.07. The zero-order valence-corrected chi connectivity index (χ0v) is 26.5. The van der Waals surface area contributed by atoms with Gasteiger partial charge in [0, 0.05) is 23.5 Å². The van der Waals surface area contributed by atoms with E-state index in [2.05, 4.69) is 21.2 Å². The van der Waals surface area contributed by atoms with Crippen molar-refractivity contribution in [2.24, 2.45) is 11.8 Å². The molecule has 1 aromatic rings. The van der Waals surface area contributed by atoms with Gasteiger partial charge in [-0.15, -0.1) is 0 Å². The van der Waals surface area contributed by atoms with E-state index in [1.54, 1.807) is 17.9 Å². The zero-order chi connectivity index (χ0) is 31.1. The average molecular weight is 659 g/mol. The largest absolute Gasteiger partial charge is 0.455 e. The normalized spacial score (nSPS) is 34.6. The fourth-order valence-electron chi connectivity index (χ4n) is 6.95. The Balaban J connectivity index is 1.63. The van der Waals surface area contributed by atoms with Crippen molar-refractivity contribution in [3.8, 4) is 0 Å². The summed E-state index contributed by atoms with van der Waals surface area (Å²) >= 11 is 3.57. The van der Waals surface area contributed by atoms with Crippen LogP contribution < -0.4 is 5.32 Å². The number of hydrogen-bond acceptors (Lipinski definition) is 7. The van der Waals surface area contributed by atoms with Crippen LogP contribution in [-0.4, -0.2) is 87.6 Å². The minimum Gasteiger partial charge on any atom is -0.455 e. The van der Waals surface area contributed by atoms with E-state index in [-0.39, 0.29) is 37.4 Å². The third-order valence-corrected chi connectivity index (χ3v) is 9.75. The number of esters is 1. The molecule has 1 aromatic carbocycles. The lowest BCUT2D eigenvalue weighted by Crippen LogP contribution is -2.59. The lowest BCUT2D eigenvalue weighted by molar-refractivity contribution is -0.162. The molecule has 43 heavy (non-hydrogen) atoms. The van der Waals surface area contributed by atoms with Gasteiger partial charge in [0.1, 0.15) is 29.8 Å². The molecule has 4 aliphatic heterocycles. The molecular formula is C32H40BrN3O7. The fourth-order valence-corrected chi connectivity index (χ4v) is 7.69. The highest BCUT2D eigenvalue weighted by Gasteiger charge is 2.75. The van der Waals surface area contributed by atoms with Gasteiger partial charge in [-0.1, -0.05) is 65.3 Å². The highest BCUT2D eigenvalue weighted by atomic mass is 79.9. The van der Waals surface area contributed by atoms with Crippen molar-refractivity contribution < 1.29 is 33.8 Å². The van der Waals surface area contributed by atoms with Gasteiger partial charge in [-0.25, -0.2) is 0 Å². The molecule has 8 atom stereocenters. The highest BCUT2D eigenvalue weighted by Crippen LogP contribution is 2.59. The van der Waals surface area contributed by atoms with Gasteiger partial charge >= 0.3 is 5.97 Å². The summed E-state index contributed by atoms with van der Waals surface area (Å²) in [6, 6.07) is 6.64. The number of rotatable bonds is 5. The lowest BCUT2D eigenvalue weighted by atomic mass is 9.74. The summed E-state index contributed by atoms with van der Waals surface area (Å²) in [6.07, 6.45) is 4.93. The van der Waals surface area contributed by atoms with Crippen LogP contribution in [0, 0.1) is 11.8 Å². The zero-order valence-electron chi connectivity index (χ0n) is 24.9. The Kier molecular flexibility index (Phi) is 9.15. The number of amides is 3. The smallest absolute Gasteiger partial charge is 0.313 e. The van der Waals surface area contributed by atoms with Gasteiger partial charge in [0.15, 0.2) is 0 Å². The van der Waals surface area contributed by atoms with Crippen molar-refractivity contribution in [3.05, 3.63) is 58.6 Å². The van der Waals surface area contributed by atoms with Gasteiger partial charge in [0.25, 0.3) is 0 Å². The molecule has 2 saturated heterocycles. The van der Waals surface area contributed by atoms with Crippen LogP contribution in [0.2, 0.25) is 0 Å². The molecule has 232 valence electrons. The van der Waals surface area contributed by atoms with E-state index in [4.69, 9.17) is 9.47 Å². The summed E-state index contributed by atoms with van der Waals surface area (Å²) in [4.78, 5) is 59.0. The molecule has 3 amide bonds. The van der Waals surface area contributed by atoms with Crippen LogP contribution in [0.1, 0.15) is 58.6 Å². The summed E-state index contributed by atoms with van der Waals surface area (Å²) in [5.74, 6) is -3.66. The Morgan fingerprint density at radius 3 is 2.47 bits per heavy atom. The summed E-state index contributed by atoms with van der Waals surface area (Å²) in [6.45, 7) is 7.34. The molecular weight excluding hydrogens is 618 g/mol. The number of benzene rings is 1. The Labute approximate surface area is 260 Å². The number of likely N-dealkylation sites (tertiary alicyclic amines) is 1. The van der Waals surface area contributed by atoms with Crippen LogP contribution in [0.5, 0.6) is 0 Å². The van der Waals surface area contributed by atoms with Gasteiger partial charge in [-0.2, -0.15) is 0 Å². The molecule has 2 fully saturated rings. The molecule has 0 aromatic heterocycles. The fraction of sp³-hybridized carbons (Fsp3) is 0.562. The van der Waals surface area contributed by atoms with Crippen molar-refractivity contribution >= 4 is 39.6 Å².